The topological polar surface area (TPSA) is 46.5 Å². The molecule has 0 bridgehead atoms. The van der Waals surface area contributed by atoms with Gasteiger partial charge in [-0.05, 0) is 62.1 Å². The molecule has 1 aromatic rings. The Labute approximate surface area is 121 Å². The molecule has 0 unspecified atom stereocenters. The molecule has 0 radical (unpaired) electrons. The monoisotopic (exact) mass is 276 g/mol. The van der Waals surface area contributed by atoms with E-state index in [0.29, 0.717) is 5.75 Å². The second-order valence-corrected chi connectivity index (χ2v) is 6.85. The number of carbonyl (C=O) groups is 1. The number of hydrogen-bond donors (Lipinski definition) is 1. The maximum absolute atomic E-state index is 11.1. The third kappa shape index (κ3) is 2.97. The average Bonchev–Trinajstić information content (AvgIpc) is 2.70. The molecule has 1 aliphatic carbocycles. The lowest BCUT2D eigenvalue weighted by Gasteiger charge is -2.26. The first kappa shape index (κ1) is 14.9. The minimum absolute atomic E-state index is 0.250. The van der Waals surface area contributed by atoms with Crippen LogP contribution in [0.2, 0.25) is 0 Å². The van der Waals surface area contributed by atoms with Crippen LogP contribution in [0.25, 0.3) is 0 Å². The quantitative estimate of drug-likeness (QED) is 0.904. The molecule has 0 aromatic heterocycles. The molecule has 0 heterocycles. The zero-order valence-corrected chi connectivity index (χ0v) is 12.8. The number of carboxylic acid groups (broad SMARTS) is 1. The Balaban J connectivity index is 2.13. The number of carboxylic acids is 1. The van der Waals surface area contributed by atoms with Crippen molar-refractivity contribution in [3.63, 3.8) is 0 Å². The summed E-state index contributed by atoms with van der Waals surface area (Å²) >= 11 is 0. The highest BCUT2D eigenvalue weighted by Gasteiger charge is 2.34. The van der Waals surface area contributed by atoms with E-state index in [1.54, 1.807) is 13.8 Å². The van der Waals surface area contributed by atoms with E-state index in [1.807, 2.05) is 12.1 Å². The zero-order valence-electron chi connectivity index (χ0n) is 12.8. The SMILES string of the molecule is C[C@H]1CC[C@@](C)(c2ccc(OC(C)(C)C(=O)O)cc2)C1. The Kier molecular flexibility index (Phi) is 3.81. The van der Waals surface area contributed by atoms with Crippen molar-refractivity contribution < 1.29 is 14.6 Å². The highest BCUT2D eigenvalue weighted by Crippen LogP contribution is 2.43. The molecule has 2 rings (SSSR count). The van der Waals surface area contributed by atoms with E-state index in [-0.39, 0.29) is 5.41 Å². The fraction of sp³-hybridized carbons (Fsp3) is 0.588. The molecule has 1 N–H and O–H groups in total. The van der Waals surface area contributed by atoms with Gasteiger partial charge in [-0.1, -0.05) is 26.0 Å². The van der Waals surface area contributed by atoms with Gasteiger partial charge >= 0.3 is 5.97 Å². The van der Waals surface area contributed by atoms with Gasteiger partial charge in [-0.2, -0.15) is 0 Å². The van der Waals surface area contributed by atoms with Crippen LogP contribution < -0.4 is 4.74 Å². The Hall–Kier alpha value is -1.51. The number of aliphatic carboxylic acids is 1. The normalized spacial score (nSPS) is 26.5. The Morgan fingerprint density at radius 1 is 1.35 bits per heavy atom. The van der Waals surface area contributed by atoms with Gasteiger partial charge in [0.15, 0.2) is 5.60 Å². The number of rotatable bonds is 4. The van der Waals surface area contributed by atoms with E-state index in [4.69, 9.17) is 9.84 Å². The molecule has 20 heavy (non-hydrogen) atoms. The molecule has 1 fully saturated rings. The van der Waals surface area contributed by atoms with Gasteiger partial charge in [0.05, 0.1) is 0 Å². The van der Waals surface area contributed by atoms with Crippen molar-refractivity contribution in [1.82, 2.24) is 0 Å². The highest BCUT2D eigenvalue weighted by atomic mass is 16.5. The van der Waals surface area contributed by atoms with E-state index in [1.165, 1.54) is 24.8 Å². The minimum atomic E-state index is -1.20. The molecule has 2 atom stereocenters. The first-order chi connectivity index (χ1) is 9.23. The number of ether oxygens (including phenoxy) is 1. The third-order valence-electron chi connectivity index (χ3n) is 4.43. The summed E-state index contributed by atoms with van der Waals surface area (Å²) in [4.78, 5) is 11.1. The molecule has 0 saturated heterocycles. The maximum Gasteiger partial charge on any atom is 0.347 e. The molecule has 3 nitrogen and oxygen atoms in total. The first-order valence-electron chi connectivity index (χ1n) is 7.26. The van der Waals surface area contributed by atoms with Crippen molar-refractivity contribution in [2.45, 2.75) is 58.0 Å². The summed E-state index contributed by atoms with van der Waals surface area (Å²) in [7, 11) is 0. The summed E-state index contributed by atoms with van der Waals surface area (Å²) in [6, 6.07) is 7.92. The highest BCUT2D eigenvalue weighted by molar-refractivity contribution is 5.76. The Bertz CT molecular complexity index is 489. The number of benzene rings is 1. The van der Waals surface area contributed by atoms with Crippen molar-refractivity contribution in [3.05, 3.63) is 29.8 Å². The lowest BCUT2D eigenvalue weighted by Crippen LogP contribution is -2.37. The summed E-state index contributed by atoms with van der Waals surface area (Å²) in [5.74, 6) is 0.427. The van der Waals surface area contributed by atoms with Crippen molar-refractivity contribution in [1.29, 1.82) is 0 Å². The van der Waals surface area contributed by atoms with Crippen LogP contribution in [0.3, 0.4) is 0 Å². The van der Waals surface area contributed by atoms with Gasteiger partial charge in [-0.3, -0.25) is 0 Å². The smallest absolute Gasteiger partial charge is 0.347 e. The fourth-order valence-electron chi connectivity index (χ4n) is 3.06. The summed E-state index contributed by atoms with van der Waals surface area (Å²) in [6.45, 7) is 7.73. The van der Waals surface area contributed by atoms with E-state index >= 15 is 0 Å². The van der Waals surface area contributed by atoms with E-state index in [0.717, 1.165) is 5.92 Å². The Morgan fingerprint density at radius 2 is 1.95 bits per heavy atom. The average molecular weight is 276 g/mol. The van der Waals surface area contributed by atoms with Crippen molar-refractivity contribution in [2.24, 2.45) is 5.92 Å². The fourth-order valence-corrected chi connectivity index (χ4v) is 3.06. The van der Waals surface area contributed by atoms with Crippen LogP contribution in [0.4, 0.5) is 0 Å². The zero-order chi connectivity index (χ0) is 15.0. The summed E-state index contributed by atoms with van der Waals surface area (Å²) < 4.78 is 5.54. The van der Waals surface area contributed by atoms with Crippen LogP contribution in [0.5, 0.6) is 5.75 Å². The van der Waals surface area contributed by atoms with Crippen LogP contribution in [0, 0.1) is 5.92 Å². The van der Waals surface area contributed by atoms with Gasteiger partial charge in [0.2, 0.25) is 0 Å². The summed E-state index contributed by atoms with van der Waals surface area (Å²) in [5, 5.41) is 9.07. The van der Waals surface area contributed by atoms with E-state index in [9.17, 15) is 4.79 Å². The lowest BCUT2D eigenvalue weighted by atomic mass is 9.80. The molecule has 1 aliphatic rings. The molecular formula is C17H24O3. The minimum Gasteiger partial charge on any atom is -0.478 e. The van der Waals surface area contributed by atoms with Crippen LogP contribution >= 0.6 is 0 Å². The van der Waals surface area contributed by atoms with Gasteiger partial charge in [-0.25, -0.2) is 4.79 Å². The Morgan fingerprint density at radius 3 is 2.40 bits per heavy atom. The number of hydrogen-bond acceptors (Lipinski definition) is 2. The summed E-state index contributed by atoms with van der Waals surface area (Å²) in [5.41, 5.74) is 0.371. The van der Waals surface area contributed by atoms with Gasteiger partial charge in [0.25, 0.3) is 0 Å². The van der Waals surface area contributed by atoms with Gasteiger partial charge in [0.1, 0.15) is 5.75 Å². The van der Waals surface area contributed by atoms with Gasteiger partial charge in [-0.15, -0.1) is 0 Å². The largest absolute Gasteiger partial charge is 0.478 e. The van der Waals surface area contributed by atoms with Crippen molar-refractivity contribution in [2.75, 3.05) is 0 Å². The molecule has 1 saturated carbocycles. The van der Waals surface area contributed by atoms with Crippen LogP contribution in [0.15, 0.2) is 24.3 Å². The molecular weight excluding hydrogens is 252 g/mol. The van der Waals surface area contributed by atoms with Gasteiger partial charge in [0, 0.05) is 0 Å². The van der Waals surface area contributed by atoms with E-state index < -0.39 is 11.6 Å². The van der Waals surface area contributed by atoms with E-state index in [2.05, 4.69) is 26.0 Å². The van der Waals surface area contributed by atoms with Crippen molar-refractivity contribution in [3.8, 4) is 5.75 Å². The molecule has 0 amide bonds. The van der Waals surface area contributed by atoms with Gasteiger partial charge < -0.3 is 9.84 Å². The second kappa shape index (κ2) is 5.12. The first-order valence-corrected chi connectivity index (χ1v) is 7.26. The molecule has 0 spiro atoms. The van der Waals surface area contributed by atoms with Crippen LogP contribution in [-0.4, -0.2) is 16.7 Å². The predicted octanol–water partition coefficient (Wildman–Crippen LogP) is 4.01. The molecule has 3 heteroatoms. The lowest BCUT2D eigenvalue weighted by molar-refractivity contribution is -0.152. The maximum atomic E-state index is 11.1. The standard InChI is InChI=1S/C17H24O3/c1-12-9-10-17(4,11-12)13-5-7-14(8-6-13)20-16(2,3)15(18)19/h5-8,12H,9-11H2,1-4H3,(H,18,19)/t12-,17+/m0/s1. The molecule has 110 valence electrons. The second-order valence-electron chi connectivity index (χ2n) is 6.85. The third-order valence-corrected chi connectivity index (χ3v) is 4.43. The van der Waals surface area contributed by atoms with Crippen molar-refractivity contribution >= 4 is 5.97 Å². The summed E-state index contributed by atoms with van der Waals surface area (Å²) in [6.07, 6.45) is 3.71. The molecule has 0 aliphatic heterocycles. The molecule has 1 aromatic carbocycles. The van der Waals surface area contributed by atoms with Crippen LogP contribution in [-0.2, 0) is 10.2 Å². The predicted molar refractivity (Wildman–Crippen MR) is 79.2 cm³/mol. The van der Waals surface area contributed by atoms with Crippen LogP contribution in [0.1, 0.15) is 52.5 Å².